The van der Waals surface area contributed by atoms with Crippen molar-refractivity contribution in [2.45, 2.75) is 6.42 Å². The molecular weight excluding hydrogens is 336 g/mol. The van der Waals surface area contributed by atoms with Crippen LogP contribution in [0.5, 0.6) is 5.75 Å². The number of methoxy groups -OCH3 is 1. The maximum absolute atomic E-state index is 12.7. The average molecular weight is 356 g/mol. The van der Waals surface area contributed by atoms with Crippen molar-refractivity contribution in [2.75, 3.05) is 7.11 Å². The lowest BCUT2D eigenvalue weighted by Gasteiger charge is -2.08. The van der Waals surface area contributed by atoms with Crippen LogP contribution >= 0.6 is 0 Å². The normalized spacial score (nSPS) is 11.1. The molecule has 27 heavy (non-hydrogen) atoms. The number of benzene rings is 3. The quantitative estimate of drug-likeness (QED) is 0.430. The van der Waals surface area contributed by atoms with Crippen LogP contribution in [0.3, 0.4) is 0 Å². The third-order valence-corrected chi connectivity index (χ3v) is 4.27. The van der Waals surface area contributed by atoms with Gasteiger partial charge in [0.2, 0.25) is 0 Å². The van der Waals surface area contributed by atoms with Crippen molar-refractivity contribution in [3.63, 3.8) is 0 Å². The van der Waals surface area contributed by atoms with Crippen molar-refractivity contribution in [3.05, 3.63) is 108 Å². The zero-order valence-electron chi connectivity index (χ0n) is 15.1. The maximum atomic E-state index is 12.7. The minimum atomic E-state index is -0.141. The number of hydrogen-bond acceptors (Lipinski definition) is 3. The molecule has 0 aromatic heterocycles. The molecule has 0 aliphatic carbocycles. The molecule has 3 nitrogen and oxygen atoms in total. The molecule has 0 saturated heterocycles. The zero-order valence-corrected chi connectivity index (χ0v) is 15.1. The van der Waals surface area contributed by atoms with Crippen LogP contribution in [0.4, 0.5) is 0 Å². The minimum Gasteiger partial charge on any atom is -0.497 e. The fourth-order valence-corrected chi connectivity index (χ4v) is 2.78. The Morgan fingerprint density at radius 1 is 0.741 bits per heavy atom. The standard InChI is InChI=1S/C24H20O3/c1-27-22-14-12-20(13-15-22)24(26)17-21(18-8-4-2-5-9-18)16-23(25)19-10-6-3-7-11-19/h2-15,17H,16H2,1H3/b21-17-. The fraction of sp³-hybridized carbons (Fsp3) is 0.0833. The molecule has 3 heteroatoms. The largest absolute Gasteiger partial charge is 0.497 e. The highest BCUT2D eigenvalue weighted by atomic mass is 16.5. The summed E-state index contributed by atoms with van der Waals surface area (Å²) in [5.41, 5.74) is 2.75. The van der Waals surface area contributed by atoms with Gasteiger partial charge in [0.15, 0.2) is 11.6 Å². The highest BCUT2D eigenvalue weighted by molar-refractivity contribution is 6.11. The molecule has 0 fully saturated rings. The second-order valence-corrected chi connectivity index (χ2v) is 6.09. The molecule has 0 heterocycles. The summed E-state index contributed by atoms with van der Waals surface area (Å²) in [6, 6.07) is 25.6. The molecule has 3 rings (SSSR count). The maximum Gasteiger partial charge on any atom is 0.186 e. The smallest absolute Gasteiger partial charge is 0.186 e. The molecular formula is C24H20O3. The van der Waals surface area contributed by atoms with Gasteiger partial charge in [-0.2, -0.15) is 0 Å². The molecule has 0 atom stereocenters. The lowest BCUT2D eigenvalue weighted by molar-refractivity contribution is 0.0998. The molecule has 3 aromatic rings. The van der Waals surface area contributed by atoms with Crippen molar-refractivity contribution in [1.82, 2.24) is 0 Å². The molecule has 0 aliphatic heterocycles. The van der Waals surface area contributed by atoms with Crippen molar-refractivity contribution in [3.8, 4) is 5.75 Å². The summed E-state index contributed by atoms with van der Waals surface area (Å²) < 4.78 is 5.13. The van der Waals surface area contributed by atoms with Crippen LogP contribution in [-0.4, -0.2) is 18.7 Å². The first-order chi connectivity index (χ1) is 13.2. The first kappa shape index (κ1) is 18.3. The van der Waals surface area contributed by atoms with Crippen molar-refractivity contribution >= 4 is 17.1 Å². The van der Waals surface area contributed by atoms with Crippen LogP contribution in [0.25, 0.3) is 5.57 Å². The summed E-state index contributed by atoms with van der Waals surface area (Å²) in [5, 5.41) is 0. The number of Topliss-reactive ketones (excluding diaryl/α,β-unsaturated/α-hetero) is 1. The van der Waals surface area contributed by atoms with Crippen LogP contribution in [0, 0.1) is 0 Å². The Morgan fingerprint density at radius 3 is 1.85 bits per heavy atom. The minimum absolute atomic E-state index is 0.0202. The van der Waals surface area contributed by atoms with E-state index in [1.54, 1.807) is 49.6 Å². The molecule has 0 spiro atoms. The molecule has 134 valence electrons. The topological polar surface area (TPSA) is 43.4 Å². The number of allylic oxidation sites excluding steroid dienone is 2. The second kappa shape index (κ2) is 8.77. The van der Waals surface area contributed by atoms with Gasteiger partial charge in [-0.05, 0) is 41.5 Å². The summed E-state index contributed by atoms with van der Waals surface area (Å²) in [6.07, 6.45) is 1.72. The summed E-state index contributed by atoms with van der Waals surface area (Å²) >= 11 is 0. The fourth-order valence-electron chi connectivity index (χ4n) is 2.78. The Labute approximate surface area is 158 Å². The van der Waals surface area contributed by atoms with Crippen LogP contribution in [0.2, 0.25) is 0 Å². The highest BCUT2D eigenvalue weighted by Crippen LogP contribution is 2.22. The third kappa shape index (κ3) is 4.79. The van der Waals surface area contributed by atoms with Gasteiger partial charge in [-0.25, -0.2) is 0 Å². The average Bonchev–Trinajstić information content (AvgIpc) is 2.74. The first-order valence-corrected chi connectivity index (χ1v) is 8.70. The second-order valence-electron chi connectivity index (χ2n) is 6.09. The van der Waals surface area contributed by atoms with Gasteiger partial charge in [-0.3, -0.25) is 9.59 Å². The van der Waals surface area contributed by atoms with E-state index < -0.39 is 0 Å². The van der Waals surface area contributed by atoms with Gasteiger partial charge in [0.05, 0.1) is 7.11 Å². The summed E-state index contributed by atoms with van der Waals surface area (Å²) in [7, 11) is 1.58. The van der Waals surface area contributed by atoms with Crippen molar-refractivity contribution in [2.24, 2.45) is 0 Å². The van der Waals surface area contributed by atoms with E-state index in [9.17, 15) is 9.59 Å². The number of ketones is 2. The Bertz CT molecular complexity index is 940. The SMILES string of the molecule is COc1ccc(C(=O)/C=C(/CC(=O)c2ccccc2)c2ccccc2)cc1. The molecule has 0 amide bonds. The molecule has 0 unspecified atom stereocenters. The van der Waals surface area contributed by atoms with E-state index in [-0.39, 0.29) is 18.0 Å². The number of ether oxygens (including phenoxy) is 1. The molecule has 0 N–H and O–H groups in total. The number of carbonyl (C=O) groups excluding carboxylic acids is 2. The monoisotopic (exact) mass is 356 g/mol. The van der Waals surface area contributed by atoms with Gasteiger partial charge in [-0.15, -0.1) is 0 Å². The van der Waals surface area contributed by atoms with E-state index >= 15 is 0 Å². The van der Waals surface area contributed by atoms with E-state index in [0.29, 0.717) is 22.4 Å². The number of hydrogen-bond donors (Lipinski definition) is 0. The number of rotatable bonds is 7. The molecule has 3 aromatic carbocycles. The predicted octanol–water partition coefficient (Wildman–Crippen LogP) is 5.23. The first-order valence-electron chi connectivity index (χ1n) is 8.70. The van der Waals surface area contributed by atoms with Gasteiger partial charge >= 0.3 is 0 Å². The van der Waals surface area contributed by atoms with Crippen molar-refractivity contribution in [1.29, 1.82) is 0 Å². The molecule has 0 radical (unpaired) electrons. The van der Waals surface area contributed by atoms with E-state index in [1.165, 1.54) is 0 Å². The molecule has 0 saturated carbocycles. The lowest BCUT2D eigenvalue weighted by Crippen LogP contribution is -2.03. The molecule has 0 aliphatic rings. The van der Waals surface area contributed by atoms with Gasteiger partial charge in [-0.1, -0.05) is 60.7 Å². The van der Waals surface area contributed by atoms with Crippen molar-refractivity contribution < 1.29 is 14.3 Å². The summed E-state index contributed by atoms with van der Waals surface area (Å²) in [5.74, 6) is 0.531. The third-order valence-electron chi connectivity index (χ3n) is 4.27. The lowest BCUT2D eigenvalue weighted by atomic mass is 9.95. The van der Waals surface area contributed by atoms with Gasteiger partial charge in [0.25, 0.3) is 0 Å². The Kier molecular flexibility index (Phi) is 5.95. The van der Waals surface area contributed by atoms with E-state index in [0.717, 1.165) is 5.56 Å². The van der Waals surface area contributed by atoms with Gasteiger partial charge in [0.1, 0.15) is 5.75 Å². The van der Waals surface area contributed by atoms with Crippen LogP contribution < -0.4 is 4.74 Å². The van der Waals surface area contributed by atoms with Crippen LogP contribution in [0.1, 0.15) is 32.7 Å². The Balaban J connectivity index is 1.90. The number of carbonyl (C=O) groups is 2. The van der Waals surface area contributed by atoms with Gasteiger partial charge in [0, 0.05) is 17.5 Å². The summed E-state index contributed by atoms with van der Waals surface area (Å²) in [6.45, 7) is 0. The Morgan fingerprint density at radius 2 is 1.30 bits per heavy atom. The Hall–Kier alpha value is -3.46. The summed E-state index contributed by atoms with van der Waals surface area (Å²) in [4.78, 5) is 25.4. The predicted molar refractivity (Wildman–Crippen MR) is 107 cm³/mol. The van der Waals surface area contributed by atoms with E-state index in [1.807, 2.05) is 48.5 Å². The molecule has 0 bridgehead atoms. The van der Waals surface area contributed by atoms with Crippen LogP contribution in [0.15, 0.2) is 91.0 Å². The highest BCUT2D eigenvalue weighted by Gasteiger charge is 2.13. The zero-order chi connectivity index (χ0) is 19.1. The van der Waals surface area contributed by atoms with Gasteiger partial charge < -0.3 is 4.74 Å². The van der Waals surface area contributed by atoms with E-state index in [2.05, 4.69) is 0 Å². The van der Waals surface area contributed by atoms with Crippen LogP contribution in [-0.2, 0) is 0 Å². The van der Waals surface area contributed by atoms with E-state index in [4.69, 9.17) is 4.74 Å².